The summed E-state index contributed by atoms with van der Waals surface area (Å²) in [6, 6.07) is 7.06. The van der Waals surface area contributed by atoms with E-state index < -0.39 is 0 Å². The van der Waals surface area contributed by atoms with Crippen LogP contribution in [-0.4, -0.2) is 67.5 Å². The second-order valence-corrected chi connectivity index (χ2v) is 11.3. The van der Waals surface area contributed by atoms with Crippen LogP contribution >= 0.6 is 27.7 Å². The molecule has 0 saturated carbocycles. The highest BCUT2D eigenvalue weighted by Gasteiger charge is 2.12. The van der Waals surface area contributed by atoms with E-state index >= 15 is 0 Å². The number of allylic oxidation sites excluding steroid dienone is 2. The summed E-state index contributed by atoms with van der Waals surface area (Å²) in [6.07, 6.45) is 8.50. The molecule has 1 saturated heterocycles. The van der Waals surface area contributed by atoms with Crippen LogP contribution in [-0.2, 0) is 0 Å². The summed E-state index contributed by atoms with van der Waals surface area (Å²) in [4.78, 5) is 22.8. The topological polar surface area (TPSA) is 105 Å². The van der Waals surface area contributed by atoms with E-state index in [1.807, 2.05) is 38.2 Å². The first-order chi connectivity index (χ1) is 18.1. The molecule has 0 unspecified atom stereocenters. The number of thioether (sulfide) groups is 1. The zero-order chi connectivity index (χ0) is 28.1. The fourth-order valence-electron chi connectivity index (χ4n) is 3.65. The highest BCUT2D eigenvalue weighted by atomic mass is 79.9. The van der Waals surface area contributed by atoms with Gasteiger partial charge < -0.3 is 26.0 Å². The molecule has 0 aliphatic carbocycles. The number of benzene rings is 1. The molecule has 8 nitrogen and oxygen atoms in total. The molecule has 1 aliphatic heterocycles. The highest BCUT2D eigenvalue weighted by molar-refractivity contribution is 9.10. The number of rotatable bonds is 8. The van der Waals surface area contributed by atoms with Gasteiger partial charge in [0.05, 0.1) is 4.47 Å². The van der Waals surface area contributed by atoms with Gasteiger partial charge in [-0.2, -0.15) is 0 Å². The number of ether oxygens (including phenoxy) is 1. The van der Waals surface area contributed by atoms with Crippen LogP contribution in [0.25, 0.3) is 0 Å². The number of pyridine rings is 1. The number of hydrogen-bond acceptors (Lipinski definition) is 7. The second-order valence-electron chi connectivity index (χ2n) is 9.60. The lowest BCUT2D eigenvalue weighted by atomic mass is 9.96. The van der Waals surface area contributed by atoms with Crippen LogP contribution in [0.15, 0.2) is 51.6 Å². The van der Waals surface area contributed by atoms with E-state index in [0.717, 1.165) is 18.0 Å². The fourth-order valence-corrected chi connectivity index (χ4v) is 4.14. The molecular formula is C28H41BrN6O2S. The van der Waals surface area contributed by atoms with Gasteiger partial charge in [0, 0.05) is 30.9 Å². The van der Waals surface area contributed by atoms with E-state index in [1.54, 1.807) is 24.4 Å². The SMILES string of the molecule is CC(C)=CC1CCNCC1.CSC(N)=Nc1cc(Oc2cc(C(=O)NCCN(C)C)ccc2C)c(Br)cn1. The minimum atomic E-state index is -0.140. The van der Waals surface area contributed by atoms with Crippen LogP contribution in [0, 0.1) is 12.8 Å². The van der Waals surface area contributed by atoms with Crippen LogP contribution < -0.4 is 21.1 Å². The number of nitrogens with zero attached hydrogens (tertiary/aromatic N) is 3. The van der Waals surface area contributed by atoms with E-state index in [1.165, 1.54) is 43.3 Å². The lowest BCUT2D eigenvalue weighted by Crippen LogP contribution is -2.31. The fraction of sp³-hybridized carbons (Fsp3) is 0.464. The van der Waals surface area contributed by atoms with Crippen molar-refractivity contribution in [2.45, 2.75) is 33.6 Å². The molecule has 3 rings (SSSR count). The quantitative estimate of drug-likeness (QED) is 0.208. The number of amides is 1. The largest absolute Gasteiger partial charge is 0.456 e. The van der Waals surface area contributed by atoms with E-state index in [-0.39, 0.29) is 5.91 Å². The number of nitrogens with one attached hydrogen (secondary N) is 2. The van der Waals surface area contributed by atoms with Crippen molar-refractivity contribution in [3.63, 3.8) is 0 Å². The van der Waals surface area contributed by atoms with Gasteiger partial charge in [0.25, 0.3) is 5.91 Å². The predicted molar refractivity (Wildman–Crippen MR) is 164 cm³/mol. The predicted octanol–water partition coefficient (Wildman–Crippen LogP) is 5.50. The first kappa shape index (κ1) is 31.8. The third-order valence-electron chi connectivity index (χ3n) is 5.71. The van der Waals surface area contributed by atoms with Crippen molar-refractivity contribution in [3.8, 4) is 11.5 Å². The number of halogens is 1. The number of aromatic nitrogens is 1. The Bertz CT molecular complexity index is 1110. The number of nitrogens with two attached hydrogens (primary N) is 1. The molecule has 2 heterocycles. The van der Waals surface area contributed by atoms with Gasteiger partial charge in [0.2, 0.25) is 0 Å². The molecule has 1 amide bonds. The minimum Gasteiger partial charge on any atom is -0.456 e. The maximum absolute atomic E-state index is 12.4. The summed E-state index contributed by atoms with van der Waals surface area (Å²) < 4.78 is 6.71. The van der Waals surface area contributed by atoms with Crippen molar-refractivity contribution < 1.29 is 9.53 Å². The number of likely N-dealkylation sites (N-methyl/N-ethyl adjacent to an activating group) is 1. The smallest absolute Gasteiger partial charge is 0.251 e. The molecule has 0 spiro atoms. The Kier molecular flexibility index (Phi) is 13.8. The molecule has 4 N–H and O–H groups in total. The van der Waals surface area contributed by atoms with Gasteiger partial charge in [0.1, 0.15) is 11.5 Å². The molecule has 0 bridgehead atoms. The van der Waals surface area contributed by atoms with Gasteiger partial charge in [-0.25, -0.2) is 9.98 Å². The Labute approximate surface area is 240 Å². The number of piperidine rings is 1. The first-order valence-electron chi connectivity index (χ1n) is 12.7. The van der Waals surface area contributed by atoms with E-state index in [4.69, 9.17) is 10.5 Å². The molecule has 208 valence electrons. The van der Waals surface area contributed by atoms with Crippen molar-refractivity contribution in [2.24, 2.45) is 16.6 Å². The molecule has 2 aromatic rings. The zero-order valence-electron chi connectivity index (χ0n) is 23.3. The van der Waals surface area contributed by atoms with Gasteiger partial charge in [-0.15, -0.1) is 0 Å². The number of aryl methyl sites for hydroxylation is 1. The van der Waals surface area contributed by atoms with Crippen LogP contribution in [0.2, 0.25) is 0 Å². The van der Waals surface area contributed by atoms with Crippen LogP contribution in [0.5, 0.6) is 11.5 Å². The Hall–Kier alpha value is -2.40. The van der Waals surface area contributed by atoms with E-state index in [2.05, 4.69) is 56.5 Å². The lowest BCUT2D eigenvalue weighted by molar-refractivity contribution is 0.0950. The van der Waals surface area contributed by atoms with Crippen molar-refractivity contribution in [3.05, 3.63) is 57.7 Å². The highest BCUT2D eigenvalue weighted by Crippen LogP contribution is 2.33. The molecule has 10 heteroatoms. The normalized spacial score (nSPS) is 13.9. The molecule has 1 fully saturated rings. The molecule has 1 aliphatic rings. The average molecular weight is 606 g/mol. The van der Waals surface area contributed by atoms with Crippen LogP contribution in [0.3, 0.4) is 0 Å². The van der Waals surface area contributed by atoms with Crippen molar-refractivity contribution in [2.75, 3.05) is 46.5 Å². The Morgan fingerprint density at radius 3 is 2.63 bits per heavy atom. The zero-order valence-corrected chi connectivity index (χ0v) is 25.7. The third kappa shape index (κ3) is 11.6. The number of aliphatic imine (C=N–C) groups is 1. The lowest BCUT2D eigenvalue weighted by Gasteiger charge is -2.19. The maximum atomic E-state index is 12.4. The monoisotopic (exact) mass is 604 g/mol. The van der Waals surface area contributed by atoms with Gasteiger partial charge in [-0.05, 0) is 107 Å². The van der Waals surface area contributed by atoms with Gasteiger partial charge >= 0.3 is 0 Å². The number of hydrogen-bond donors (Lipinski definition) is 3. The summed E-state index contributed by atoms with van der Waals surface area (Å²) in [7, 11) is 3.92. The van der Waals surface area contributed by atoms with E-state index in [0.29, 0.717) is 39.1 Å². The number of amidine groups is 1. The van der Waals surface area contributed by atoms with Crippen molar-refractivity contribution in [1.29, 1.82) is 0 Å². The molecule has 1 aromatic heterocycles. The van der Waals surface area contributed by atoms with Crippen LogP contribution in [0.1, 0.15) is 42.6 Å². The third-order valence-corrected chi connectivity index (χ3v) is 6.81. The number of carbonyl (C=O) groups is 1. The van der Waals surface area contributed by atoms with Gasteiger partial charge in [-0.1, -0.05) is 29.5 Å². The molecule has 38 heavy (non-hydrogen) atoms. The molecular weight excluding hydrogens is 564 g/mol. The second kappa shape index (κ2) is 16.5. The standard InChI is InChI=1S/C19H24BrN5O2S.C9H17N/c1-12-5-6-13(18(26)22-7-8-25(2)3)9-15(12)27-16-10-17(23-11-14(16)20)24-19(21)28-4;1-8(2)7-9-3-5-10-6-4-9/h5-6,9-11H,7-8H2,1-4H3,(H,22,26)(H2,21,23,24);7,9-10H,3-6H2,1-2H3. The summed E-state index contributed by atoms with van der Waals surface area (Å²) in [5.74, 6) is 2.28. The first-order valence-corrected chi connectivity index (χ1v) is 14.7. The minimum absolute atomic E-state index is 0.140. The summed E-state index contributed by atoms with van der Waals surface area (Å²) in [5.41, 5.74) is 8.66. The summed E-state index contributed by atoms with van der Waals surface area (Å²) >= 11 is 4.77. The Morgan fingerprint density at radius 2 is 2.00 bits per heavy atom. The summed E-state index contributed by atoms with van der Waals surface area (Å²) in [6.45, 7) is 10.0. The van der Waals surface area contributed by atoms with Gasteiger partial charge in [-0.3, -0.25) is 4.79 Å². The Morgan fingerprint density at radius 1 is 1.29 bits per heavy atom. The van der Waals surface area contributed by atoms with Gasteiger partial charge in [0.15, 0.2) is 11.0 Å². The van der Waals surface area contributed by atoms with Crippen molar-refractivity contribution in [1.82, 2.24) is 20.5 Å². The summed E-state index contributed by atoms with van der Waals surface area (Å²) in [5, 5.41) is 6.67. The van der Waals surface area contributed by atoms with Crippen molar-refractivity contribution >= 4 is 44.6 Å². The van der Waals surface area contributed by atoms with E-state index in [9.17, 15) is 4.79 Å². The average Bonchev–Trinajstić information content (AvgIpc) is 2.87. The molecule has 0 atom stereocenters. The van der Waals surface area contributed by atoms with Crippen LogP contribution in [0.4, 0.5) is 5.82 Å². The molecule has 0 radical (unpaired) electrons. The molecule has 1 aromatic carbocycles. The Balaban J connectivity index is 0.000000423. The maximum Gasteiger partial charge on any atom is 0.251 e. The number of carbonyl (C=O) groups excluding carboxylic acids is 1.